The molecule has 3 heteroatoms. The molecule has 1 amide bonds. The minimum Gasteiger partial charge on any atom is -0.352 e. The van der Waals surface area contributed by atoms with Crippen molar-refractivity contribution in [3.63, 3.8) is 0 Å². The minimum atomic E-state index is 0.0711. The molecule has 0 radical (unpaired) electrons. The van der Waals surface area contributed by atoms with Gasteiger partial charge in [0, 0.05) is 19.1 Å². The molecule has 1 atom stereocenters. The van der Waals surface area contributed by atoms with Gasteiger partial charge in [0.1, 0.15) is 0 Å². The Morgan fingerprint density at radius 1 is 1.08 bits per heavy atom. The van der Waals surface area contributed by atoms with Crippen LogP contribution in [0.2, 0.25) is 0 Å². The van der Waals surface area contributed by atoms with Crippen LogP contribution in [0.4, 0.5) is 0 Å². The Labute approximate surface area is 157 Å². The van der Waals surface area contributed by atoms with Gasteiger partial charge >= 0.3 is 0 Å². The molecule has 2 aromatic carbocycles. The third-order valence-corrected chi connectivity index (χ3v) is 5.29. The van der Waals surface area contributed by atoms with Gasteiger partial charge in [0.2, 0.25) is 5.91 Å². The van der Waals surface area contributed by atoms with Crippen LogP contribution in [0.15, 0.2) is 48.5 Å². The van der Waals surface area contributed by atoms with E-state index in [9.17, 15) is 4.79 Å². The molecule has 1 N–H and O–H groups in total. The summed E-state index contributed by atoms with van der Waals surface area (Å²) in [6.45, 7) is 7.20. The molecule has 1 aliphatic rings. The van der Waals surface area contributed by atoms with Crippen molar-refractivity contribution in [3.8, 4) is 0 Å². The molecule has 1 fully saturated rings. The maximum absolute atomic E-state index is 12.1. The lowest BCUT2D eigenvalue weighted by Crippen LogP contribution is -2.36. The zero-order chi connectivity index (χ0) is 18.4. The van der Waals surface area contributed by atoms with Gasteiger partial charge in [-0.1, -0.05) is 60.5 Å². The normalized spacial score (nSPS) is 17.8. The first-order valence-corrected chi connectivity index (χ1v) is 9.74. The standard InChI is InChI=1S/C23H30N2O/c1-18-6-5-8-22(14-18)15-23(26)24-16-20-9-11-21(12-10-20)17-25-13-4-3-7-19(25)2/h5-6,8-12,14,19H,3-4,7,13,15-17H2,1-2H3,(H,24,26). The molecule has 1 heterocycles. The first kappa shape index (κ1) is 18.7. The number of carbonyl (C=O) groups excluding carboxylic acids is 1. The van der Waals surface area contributed by atoms with Crippen LogP contribution in [0, 0.1) is 6.92 Å². The summed E-state index contributed by atoms with van der Waals surface area (Å²) in [4.78, 5) is 14.7. The van der Waals surface area contributed by atoms with Crippen LogP contribution in [-0.2, 0) is 24.3 Å². The van der Waals surface area contributed by atoms with E-state index < -0.39 is 0 Å². The fourth-order valence-corrected chi connectivity index (χ4v) is 3.66. The number of nitrogens with one attached hydrogen (secondary N) is 1. The van der Waals surface area contributed by atoms with Gasteiger partial charge < -0.3 is 5.32 Å². The van der Waals surface area contributed by atoms with E-state index in [1.54, 1.807) is 0 Å². The Bertz CT molecular complexity index is 723. The summed E-state index contributed by atoms with van der Waals surface area (Å²) in [7, 11) is 0. The van der Waals surface area contributed by atoms with Crippen LogP contribution in [0.5, 0.6) is 0 Å². The summed E-state index contributed by atoms with van der Waals surface area (Å²) >= 11 is 0. The van der Waals surface area contributed by atoms with Crippen LogP contribution in [0.25, 0.3) is 0 Å². The molecule has 0 aromatic heterocycles. The molecule has 0 aliphatic carbocycles. The van der Waals surface area contributed by atoms with E-state index in [2.05, 4.69) is 47.5 Å². The Kier molecular flexibility index (Phi) is 6.45. The number of aryl methyl sites for hydroxylation is 1. The SMILES string of the molecule is Cc1cccc(CC(=O)NCc2ccc(CN3CCCCC3C)cc2)c1. The van der Waals surface area contributed by atoms with E-state index >= 15 is 0 Å². The maximum Gasteiger partial charge on any atom is 0.224 e. The monoisotopic (exact) mass is 350 g/mol. The number of hydrogen-bond acceptors (Lipinski definition) is 2. The fourth-order valence-electron chi connectivity index (χ4n) is 3.66. The van der Waals surface area contributed by atoms with Crippen molar-refractivity contribution in [1.29, 1.82) is 0 Å². The highest BCUT2D eigenvalue weighted by molar-refractivity contribution is 5.78. The van der Waals surface area contributed by atoms with E-state index in [0.29, 0.717) is 19.0 Å². The number of benzene rings is 2. The van der Waals surface area contributed by atoms with E-state index in [4.69, 9.17) is 0 Å². The predicted molar refractivity (Wildman–Crippen MR) is 107 cm³/mol. The van der Waals surface area contributed by atoms with Crippen LogP contribution in [0.3, 0.4) is 0 Å². The lowest BCUT2D eigenvalue weighted by atomic mass is 10.0. The molecular formula is C23H30N2O. The van der Waals surface area contributed by atoms with Crippen LogP contribution in [-0.4, -0.2) is 23.4 Å². The van der Waals surface area contributed by atoms with Gasteiger partial charge in [-0.05, 0) is 49.9 Å². The lowest BCUT2D eigenvalue weighted by Gasteiger charge is -2.33. The highest BCUT2D eigenvalue weighted by atomic mass is 16.1. The van der Waals surface area contributed by atoms with Gasteiger partial charge in [0.25, 0.3) is 0 Å². The lowest BCUT2D eigenvalue weighted by molar-refractivity contribution is -0.120. The average molecular weight is 351 g/mol. The molecule has 1 unspecified atom stereocenters. The number of piperidine rings is 1. The second kappa shape index (κ2) is 9.00. The number of amides is 1. The molecule has 0 bridgehead atoms. The van der Waals surface area contributed by atoms with Crippen molar-refractivity contribution < 1.29 is 4.79 Å². The van der Waals surface area contributed by atoms with Gasteiger partial charge in [-0.3, -0.25) is 9.69 Å². The zero-order valence-corrected chi connectivity index (χ0v) is 16.0. The molecule has 3 nitrogen and oxygen atoms in total. The Hall–Kier alpha value is -2.13. The molecule has 138 valence electrons. The second-order valence-electron chi connectivity index (χ2n) is 7.57. The first-order valence-electron chi connectivity index (χ1n) is 9.74. The molecule has 2 aromatic rings. The Morgan fingerprint density at radius 2 is 1.85 bits per heavy atom. The molecule has 1 aliphatic heterocycles. The minimum absolute atomic E-state index is 0.0711. The number of carbonyl (C=O) groups is 1. The van der Waals surface area contributed by atoms with Crippen LogP contribution >= 0.6 is 0 Å². The number of likely N-dealkylation sites (tertiary alicyclic amines) is 1. The van der Waals surface area contributed by atoms with Crippen molar-refractivity contribution in [2.45, 2.75) is 58.7 Å². The molecule has 0 spiro atoms. The summed E-state index contributed by atoms with van der Waals surface area (Å²) in [6, 6.07) is 17.5. The van der Waals surface area contributed by atoms with E-state index in [0.717, 1.165) is 17.7 Å². The molecule has 26 heavy (non-hydrogen) atoms. The quantitative estimate of drug-likeness (QED) is 0.846. The van der Waals surface area contributed by atoms with Crippen molar-refractivity contribution in [2.24, 2.45) is 0 Å². The highest BCUT2D eigenvalue weighted by Gasteiger charge is 2.17. The van der Waals surface area contributed by atoms with E-state index in [1.165, 1.54) is 36.9 Å². The fraction of sp³-hybridized carbons (Fsp3) is 0.435. The third kappa shape index (κ3) is 5.43. The van der Waals surface area contributed by atoms with Gasteiger partial charge in [0.05, 0.1) is 6.42 Å². The first-order chi connectivity index (χ1) is 12.6. The van der Waals surface area contributed by atoms with Crippen LogP contribution < -0.4 is 5.32 Å². The third-order valence-electron chi connectivity index (χ3n) is 5.29. The smallest absolute Gasteiger partial charge is 0.224 e. The van der Waals surface area contributed by atoms with E-state index in [-0.39, 0.29) is 5.91 Å². The molecule has 1 saturated heterocycles. The van der Waals surface area contributed by atoms with Crippen molar-refractivity contribution in [2.75, 3.05) is 6.54 Å². The highest BCUT2D eigenvalue weighted by Crippen LogP contribution is 2.19. The number of nitrogens with zero attached hydrogens (tertiary/aromatic N) is 1. The van der Waals surface area contributed by atoms with Crippen molar-refractivity contribution >= 4 is 5.91 Å². The second-order valence-corrected chi connectivity index (χ2v) is 7.57. The summed E-state index contributed by atoms with van der Waals surface area (Å²) in [6.07, 6.45) is 4.42. The number of hydrogen-bond donors (Lipinski definition) is 1. The molecule has 0 saturated carbocycles. The zero-order valence-electron chi connectivity index (χ0n) is 16.0. The Morgan fingerprint density at radius 3 is 2.58 bits per heavy atom. The summed E-state index contributed by atoms with van der Waals surface area (Å²) in [5.74, 6) is 0.0711. The topological polar surface area (TPSA) is 32.3 Å². The van der Waals surface area contributed by atoms with Gasteiger partial charge in [-0.25, -0.2) is 0 Å². The largest absolute Gasteiger partial charge is 0.352 e. The summed E-state index contributed by atoms with van der Waals surface area (Å²) in [5.41, 5.74) is 4.76. The molecular weight excluding hydrogens is 320 g/mol. The Balaban J connectivity index is 1.47. The van der Waals surface area contributed by atoms with Gasteiger partial charge in [-0.15, -0.1) is 0 Å². The summed E-state index contributed by atoms with van der Waals surface area (Å²) in [5, 5.41) is 3.03. The molecule has 3 rings (SSSR count). The van der Waals surface area contributed by atoms with E-state index in [1.807, 2.05) is 25.1 Å². The maximum atomic E-state index is 12.1. The number of rotatable bonds is 6. The average Bonchev–Trinajstić information content (AvgIpc) is 2.63. The van der Waals surface area contributed by atoms with Gasteiger partial charge in [-0.2, -0.15) is 0 Å². The predicted octanol–water partition coefficient (Wildman–Crippen LogP) is 4.23. The van der Waals surface area contributed by atoms with Crippen molar-refractivity contribution in [1.82, 2.24) is 10.2 Å². The van der Waals surface area contributed by atoms with Crippen molar-refractivity contribution in [3.05, 3.63) is 70.8 Å². The summed E-state index contributed by atoms with van der Waals surface area (Å²) < 4.78 is 0. The van der Waals surface area contributed by atoms with Gasteiger partial charge in [0.15, 0.2) is 0 Å². The van der Waals surface area contributed by atoms with Crippen LogP contribution in [0.1, 0.15) is 48.4 Å².